The summed E-state index contributed by atoms with van der Waals surface area (Å²) in [7, 11) is 0. The summed E-state index contributed by atoms with van der Waals surface area (Å²) in [6.45, 7) is 5.63. The van der Waals surface area contributed by atoms with Gasteiger partial charge in [-0.25, -0.2) is 0 Å². The third-order valence-electron chi connectivity index (χ3n) is 24.7. The molecule has 11 bridgehead atoms. The lowest BCUT2D eigenvalue weighted by Crippen LogP contribution is -2.65. The van der Waals surface area contributed by atoms with Gasteiger partial charge in [-0.05, 0) is 138 Å². The van der Waals surface area contributed by atoms with E-state index in [2.05, 4.69) is 31.9 Å². The number of benzene rings is 7. The van der Waals surface area contributed by atoms with Gasteiger partial charge in [-0.2, -0.15) is 13.2 Å². The van der Waals surface area contributed by atoms with E-state index in [0.717, 1.165) is 72.8 Å². The highest BCUT2D eigenvalue weighted by Gasteiger charge is 2.53. The van der Waals surface area contributed by atoms with Crippen molar-refractivity contribution in [1.29, 1.82) is 0 Å². The summed E-state index contributed by atoms with van der Waals surface area (Å²) in [4.78, 5) is 120. The summed E-state index contributed by atoms with van der Waals surface area (Å²) in [5.41, 5.74) is 2.40. The number of nitrogens with two attached hydrogens (primary N) is 1. The Morgan fingerprint density at radius 3 is 1.88 bits per heavy atom. The number of hydrogen-bond donors (Lipinski definition) is 20. The Kier molecular flexibility index (Phi) is 32.0. The molecule has 0 aromatic heterocycles. The number of Topliss-reactive ketones (excluding diaryl/α,β-unsaturated/α-hetero) is 2. The monoisotopic (exact) mass is 1910 g/mol. The Bertz CT molecular complexity index is 5480. The molecule has 42 heteroatoms. The van der Waals surface area contributed by atoms with Crippen LogP contribution in [0.5, 0.6) is 46.0 Å². The van der Waals surface area contributed by atoms with Crippen LogP contribution in [0.3, 0.4) is 0 Å². The first-order valence-corrected chi connectivity index (χ1v) is 43.8. The molecule has 5 unspecified atom stereocenters. The van der Waals surface area contributed by atoms with Crippen LogP contribution in [0, 0.1) is 17.8 Å². The number of ether oxygens (including phenoxy) is 9. The Labute approximate surface area is 773 Å². The summed E-state index contributed by atoms with van der Waals surface area (Å²) in [5.74, 6) is -18.2. The van der Waals surface area contributed by atoms with Gasteiger partial charge in [-0.3, -0.25) is 38.4 Å². The number of phenols is 3. The van der Waals surface area contributed by atoms with Crippen LogP contribution in [0.25, 0.3) is 22.3 Å². The minimum absolute atomic E-state index is 0.0631. The van der Waals surface area contributed by atoms with Crippen molar-refractivity contribution in [2.24, 2.45) is 23.5 Å². The standard InChI is InChI=1S/C92H104Cl2F3N7O30/c1-6-42(23-39(2)3)84(122)102-71-59(110)27-49(30-67(98)112)85(123)101-70-48-28-63(129-61-19-14-46(73(71)113)25-55(61)93)81(134-90-82(79(119)77(117)66(37-106)132-90)133-68-33-91(5,83(121)40(4)128-68)100-34-41-7-9-43(10-8-41)44-11-16-50(17-12-44)92(95,96)97)64(29-48)130-62-20-15-47(26-56(62)94)74(114)72-87(125)104-88(127-38-107)53-32-58(109)54(35-99-21-22-126-89-80(120)78(118)76(116)65(36-105)131-89)75(115)69(53)52-24-45(13-18-57(52)108)51(31-60(70)111)86(124)103-72/h7-20,24-26,28-29,32,38-40,42,49,51,65-66,68,70-74,76-80,82-83,88-90,99-100,105-106,108-109,113-121H,6,21-23,27,30-31,33-37H2,1-5H3,(H2,98,112)(H,101,123)(H,102,122)(H,103,124)(H,104,125)/t40-,42+,49-,51-,65?,66+,68-,70+,71-,72-,73+,74+,76-,77?,78-,79?,80?,82+,83+,88+,89+,90-,91?/m0/s1. The van der Waals surface area contributed by atoms with Crippen LogP contribution in [0.15, 0.2) is 121 Å². The molecule has 0 aliphatic carbocycles. The van der Waals surface area contributed by atoms with Crippen LogP contribution in [0.1, 0.15) is 148 Å². The van der Waals surface area contributed by atoms with Gasteiger partial charge in [0.2, 0.25) is 47.8 Å². The number of carbonyl (C=O) groups excluding carboxylic acids is 8. The van der Waals surface area contributed by atoms with Crippen LogP contribution in [0.4, 0.5) is 13.2 Å². The van der Waals surface area contributed by atoms with Gasteiger partial charge in [0.05, 0.1) is 65.0 Å². The highest BCUT2D eigenvalue weighted by molar-refractivity contribution is 6.32. The van der Waals surface area contributed by atoms with E-state index >= 15 is 24.0 Å². The Balaban J connectivity index is 0.952. The van der Waals surface area contributed by atoms with Gasteiger partial charge in [-0.15, -0.1) is 0 Å². The summed E-state index contributed by atoms with van der Waals surface area (Å²) >= 11 is 14.5. The highest BCUT2D eigenvalue weighted by Crippen LogP contribution is 2.52. The van der Waals surface area contributed by atoms with Crippen LogP contribution < -0.4 is 51.8 Å². The van der Waals surface area contributed by atoms with Gasteiger partial charge in [0, 0.05) is 73.5 Å². The molecular formula is C92H104Cl2F3N7O30. The summed E-state index contributed by atoms with van der Waals surface area (Å²) < 4.78 is 96.5. The number of aliphatic hydroxyl groups is 10. The van der Waals surface area contributed by atoms with Gasteiger partial charge < -0.3 is 147 Å². The molecule has 5 amide bonds. The number of aromatic hydroxyl groups is 3. The highest BCUT2D eigenvalue weighted by atomic mass is 35.5. The maximum absolute atomic E-state index is 16.6. The molecule has 8 aliphatic rings. The number of carbonyl (C=O) groups is 8. The summed E-state index contributed by atoms with van der Waals surface area (Å²) in [5, 5.41) is 166. The molecule has 0 saturated carbocycles. The second-order valence-corrected chi connectivity index (χ2v) is 35.3. The van der Waals surface area contributed by atoms with E-state index in [0.29, 0.717) is 23.1 Å². The molecule has 37 nitrogen and oxygen atoms in total. The number of hydrogen-bond acceptors (Lipinski definition) is 32. The predicted octanol–water partition coefficient (Wildman–Crippen LogP) is 4.99. The minimum Gasteiger partial charge on any atom is -0.507 e. The van der Waals surface area contributed by atoms with Gasteiger partial charge in [-0.1, -0.05) is 98.6 Å². The van der Waals surface area contributed by atoms with Gasteiger partial charge >= 0.3 is 6.18 Å². The molecule has 21 N–H and O–H groups in total. The van der Waals surface area contributed by atoms with Crippen LogP contribution in [-0.2, 0) is 86.0 Å². The minimum atomic E-state index is -4.56. The van der Waals surface area contributed by atoms with Crippen LogP contribution in [0.2, 0.25) is 10.0 Å². The number of aliphatic hydroxyl groups excluding tert-OH is 10. The predicted molar refractivity (Wildman–Crippen MR) is 463 cm³/mol. The molecule has 134 heavy (non-hydrogen) atoms. The Hall–Kier alpha value is -10.8. The lowest BCUT2D eigenvalue weighted by molar-refractivity contribution is -0.334. The largest absolute Gasteiger partial charge is 0.507 e. The fourth-order valence-electron chi connectivity index (χ4n) is 17.2. The van der Waals surface area contributed by atoms with Crippen molar-refractivity contribution in [3.05, 3.63) is 176 Å². The zero-order valence-electron chi connectivity index (χ0n) is 72.6. The second kappa shape index (κ2) is 42.6. The number of ketones is 2. The summed E-state index contributed by atoms with van der Waals surface area (Å²) in [6.07, 6.45) is -36.0. The SMILES string of the molecule is CC[C@H](CC(C)C)C(=O)N[C@H]1C(=O)C[C@@H](CC(N)=O)C(=O)N[C@H]2C(=O)C[C@@H]3C(=O)N[C@H](C(=O)N[C@H](OC=O)c4cc(O)c(CNCCO[C@@H]5OC(CO)[C@H](O)[C@H](O)C5O)c(O)c4-c4cc3ccc4O)[C@H](O)c3ccc(c(Cl)c3)Oc3cc2cc(c3O[C@@H]2O[C@H](CO)C(O)C(O)[C@H]2O[C@H]2CC(C)(NCc3ccc(-c4ccc(C(F)(F)F)cc4)cc3)[C@H](O)[C@H](C)O2)Oc2ccc(cc2Cl)[C@H]1O. The van der Waals surface area contributed by atoms with Crippen LogP contribution in [-0.4, -0.2) is 238 Å². The van der Waals surface area contributed by atoms with Crippen molar-refractivity contribution < 1.29 is 161 Å². The van der Waals surface area contributed by atoms with Gasteiger partial charge in [0.15, 0.2) is 41.7 Å². The molecule has 0 spiro atoms. The van der Waals surface area contributed by atoms with Gasteiger partial charge in [0.1, 0.15) is 102 Å². The lowest BCUT2D eigenvalue weighted by atomic mass is 9.84. The molecule has 3 saturated heterocycles. The number of rotatable bonds is 25. The third kappa shape index (κ3) is 22.3. The van der Waals surface area contributed by atoms with Gasteiger partial charge in [0.25, 0.3) is 6.47 Å². The first-order chi connectivity index (χ1) is 63.6. The Morgan fingerprint density at radius 2 is 1.28 bits per heavy atom. The quantitative estimate of drug-likeness (QED) is 0.0265. The maximum Gasteiger partial charge on any atom is 0.416 e. The van der Waals surface area contributed by atoms with Crippen molar-refractivity contribution in [1.82, 2.24) is 31.9 Å². The van der Waals surface area contributed by atoms with Crippen molar-refractivity contribution in [3.8, 4) is 68.2 Å². The van der Waals surface area contributed by atoms with E-state index in [4.69, 9.17) is 71.6 Å². The normalized spacial score (nSPS) is 28.8. The number of fused-ring (bicyclic) bond motifs is 15. The zero-order chi connectivity index (χ0) is 97.0. The van der Waals surface area contributed by atoms with Crippen molar-refractivity contribution in [2.45, 2.75) is 220 Å². The van der Waals surface area contributed by atoms with E-state index < -0.39 is 299 Å². The topological polar surface area (TPSA) is 581 Å². The molecule has 7 aromatic carbocycles. The van der Waals surface area contributed by atoms with Crippen molar-refractivity contribution >= 4 is 70.8 Å². The number of primary amides is 1. The zero-order valence-corrected chi connectivity index (χ0v) is 74.1. The second-order valence-electron chi connectivity index (χ2n) is 34.4. The number of amides is 5. The molecule has 722 valence electrons. The average Bonchev–Trinajstić information content (AvgIpc) is 0.756. The van der Waals surface area contributed by atoms with Crippen LogP contribution >= 0.6 is 23.2 Å². The molecule has 15 rings (SSSR count). The van der Waals surface area contributed by atoms with E-state index in [1.807, 2.05) is 13.8 Å². The fraction of sp³-hybridized carbons (Fsp3) is 0.457. The summed E-state index contributed by atoms with van der Waals surface area (Å²) in [6, 6.07) is 18.1. The number of halogens is 5. The lowest BCUT2D eigenvalue weighted by Gasteiger charge is -2.48. The molecule has 7 aromatic rings. The van der Waals surface area contributed by atoms with E-state index in [1.54, 1.807) is 38.1 Å². The smallest absolute Gasteiger partial charge is 0.416 e. The van der Waals surface area contributed by atoms with E-state index in [9.17, 15) is 93.9 Å². The van der Waals surface area contributed by atoms with E-state index in [-0.39, 0.29) is 78.0 Å². The number of phenolic OH excluding ortho intramolecular Hbond substituents is 3. The van der Waals surface area contributed by atoms with Crippen molar-refractivity contribution in [3.63, 3.8) is 0 Å². The molecule has 23 atom stereocenters. The van der Waals surface area contributed by atoms with E-state index in [1.165, 1.54) is 31.2 Å². The average molecular weight is 1920 g/mol. The number of alkyl halides is 3. The molecular weight excluding hydrogens is 1810 g/mol. The molecule has 8 aliphatic heterocycles. The first kappa shape index (κ1) is 101. The Morgan fingerprint density at radius 1 is 0.672 bits per heavy atom. The molecule has 3 fully saturated rings. The fourth-order valence-corrected chi connectivity index (χ4v) is 17.7. The van der Waals surface area contributed by atoms with Crippen molar-refractivity contribution in [2.75, 3.05) is 26.4 Å². The molecule has 8 heterocycles. The molecule has 0 radical (unpaired) electrons. The maximum atomic E-state index is 16.6. The third-order valence-corrected chi connectivity index (χ3v) is 25.3. The first-order valence-electron chi connectivity index (χ1n) is 43.1. The number of nitrogens with one attached hydrogen (secondary N) is 6.